The third kappa shape index (κ3) is 4.73. The number of rotatable bonds is 5. The molecule has 0 unspecified atom stereocenters. The zero-order valence-electron chi connectivity index (χ0n) is 13.7. The van der Waals surface area contributed by atoms with Crippen LogP contribution in [-0.2, 0) is 17.9 Å². The highest BCUT2D eigenvalue weighted by Crippen LogP contribution is 2.13. The Balaban J connectivity index is 1.56. The number of hydrogen-bond donors (Lipinski definition) is 1. The monoisotopic (exact) mass is 325 g/mol. The SMILES string of the molecule is NC(=NCc1cccc(COc2ccccc2)c1)N1CCOCC1. The van der Waals surface area contributed by atoms with Crippen LogP contribution in [0.1, 0.15) is 11.1 Å². The van der Waals surface area contributed by atoms with Gasteiger partial charge in [0.1, 0.15) is 12.4 Å². The Hall–Kier alpha value is -2.53. The summed E-state index contributed by atoms with van der Waals surface area (Å²) in [5, 5.41) is 0. The molecule has 1 fully saturated rings. The van der Waals surface area contributed by atoms with E-state index in [4.69, 9.17) is 15.2 Å². The van der Waals surface area contributed by atoms with Crippen LogP contribution in [0.2, 0.25) is 0 Å². The fraction of sp³-hybridized carbons (Fsp3) is 0.316. The number of ether oxygens (including phenoxy) is 2. The van der Waals surface area contributed by atoms with E-state index in [1.165, 1.54) is 0 Å². The molecule has 5 heteroatoms. The average Bonchev–Trinajstić information content (AvgIpc) is 2.66. The van der Waals surface area contributed by atoms with E-state index >= 15 is 0 Å². The Morgan fingerprint density at radius 2 is 1.79 bits per heavy atom. The van der Waals surface area contributed by atoms with E-state index in [2.05, 4.69) is 28.1 Å². The Kier molecular flexibility index (Phi) is 5.69. The van der Waals surface area contributed by atoms with Gasteiger partial charge in [-0.25, -0.2) is 4.99 Å². The molecule has 2 aromatic carbocycles. The van der Waals surface area contributed by atoms with Crippen molar-refractivity contribution in [3.05, 3.63) is 65.7 Å². The van der Waals surface area contributed by atoms with Crippen molar-refractivity contribution < 1.29 is 9.47 Å². The highest BCUT2D eigenvalue weighted by Gasteiger charge is 2.11. The largest absolute Gasteiger partial charge is 0.489 e. The molecule has 1 aliphatic rings. The van der Waals surface area contributed by atoms with Crippen molar-refractivity contribution in [2.45, 2.75) is 13.2 Å². The Morgan fingerprint density at radius 3 is 2.58 bits per heavy atom. The predicted octanol–water partition coefficient (Wildman–Crippen LogP) is 2.41. The van der Waals surface area contributed by atoms with Crippen LogP contribution in [0.15, 0.2) is 59.6 Å². The van der Waals surface area contributed by atoms with Crippen molar-refractivity contribution in [3.8, 4) is 5.75 Å². The number of guanidine groups is 1. The van der Waals surface area contributed by atoms with Crippen molar-refractivity contribution >= 4 is 5.96 Å². The van der Waals surface area contributed by atoms with Crippen molar-refractivity contribution in [2.75, 3.05) is 26.3 Å². The third-order valence-electron chi connectivity index (χ3n) is 3.90. The molecule has 126 valence electrons. The lowest BCUT2D eigenvalue weighted by Crippen LogP contribution is -2.44. The number of morpholine rings is 1. The first-order valence-electron chi connectivity index (χ1n) is 8.19. The van der Waals surface area contributed by atoms with Crippen LogP contribution in [0.3, 0.4) is 0 Å². The predicted molar refractivity (Wildman–Crippen MR) is 94.9 cm³/mol. The third-order valence-corrected chi connectivity index (χ3v) is 3.90. The first-order valence-corrected chi connectivity index (χ1v) is 8.19. The maximum atomic E-state index is 6.06. The molecule has 24 heavy (non-hydrogen) atoms. The average molecular weight is 325 g/mol. The Bertz CT molecular complexity index is 667. The van der Waals surface area contributed by atoms with Gasteiger partial charge in [0.2, 0.25) is 0 Å². The molecule has 0 atom stereocenters. The minimum Gasteiger partial charge on any atom is -0.489 e. The molecular formula is C19H23N3O2. The van der Waals surface area contributed by atoms with Gasteiger partial charge in [-0.3, -0.25) is 0 Å². The van der Waals surface area contributed by atoms with Gasteiger partial charge in [0.25, 0.3) is 0 Å². The van der Waals surface area contributed by atoms with Gasteiger partial charge in [-0.1, -0.05) is 42.5 Å². The summed E-state index contributed by atoms with van der Waals surface area (Å²) in [6.45, 7) is 4.15. The summed E-state index contributed by atoms with van der Waals surface area (Å²) in [5.74, 6) is 1.46. The maximum absolute atomic E-state index is 6.06. The van der Waals surface area contributed by atoms with E-state index in [9.17, 15) is 0 Å². The van der Waals surface area contributed by atoms with E-state index in [1.54, 1.807) is 0 Å². The van der Waals surface area contributed by atoms with Gasteiger partial charge in [-0.15, -0.1) is 0 Å². The highest BCUT2D eigenvalue weighted by molar-refractivity contribution is 5.78. The lowest BCUT2D eigenvalue weighted by atomic mass is 10.1. The van der Waals surface area contributed by atoms with Crippen molar-refractivity contribution in [1.29, 1.82) is 0 Å². The quantitative estimate of drug-likeness (QED) is 0.677. The molecule has 0 spiro atoms. The zero-order valence-corrected chi connectivity index (χ0v) is 13.7. The van der Waals surface area contributed by atoms with E-state index in [0.29, 0.717) is 32.3 Å². The van der Waals surface area contributed by atoms with E-state index < -0.39 is 0 Å². The van der Waals surface area contributed by atoms with Gasteiger partial charge in [0.15, 0.2) is 5.96 Å². The number of benzene rings is 2. The molecule has 0 aliphatic carbocycles. The van der Waals surface area contributed by atoms with Crippen molar-refractivity contribution in [1.82, 2.24) is 4.90 Å². The Morgan fingerprint density at radius 1 is 1.04 bits per heavy atom. The van der Waals surface area contributed by atoms with Gasteiger partial charge in [0.05, 0.1) is 19.8 Å². The van der Waals surface area contributed by atoms with Gasteiger partial charge in [-0.2, -0.15) is 0 Å². The van der Waals surface area contributed by atoms with Gasteiger partial charge >= 0.3 is 0 Å². The second-order valence-electron chi connectivity index (χ2n) is 5.70. The van der Waals surface area contributed by atoms with Crippen LogP contribution >= 0.6 is 0 Å². The molecule has 0 saturated carbocycles. The van der Waals surface area contributed by atoms with Crippen LogP contribution in [0.25, 0.3) is 0 Å². The maximum Gasteiger partial charge on any atom is 0.191 e. The number of para-hydroxylation sites is 1. The lowest BCUT2D eigenvalue weighted by Gasteiger charge is -2.27. The molecule has 0 bridgehead atoms. The Labute approximate surface area is 142 Å². The molecule has 1 saturated heterocycles. The van der Waals surface area contributed by atoms with E-state index in [0.717, 1.165) is 30.0 Å². The summed E-state index contributed by atoms with van der Waals surface area (Å²) in [6.07, 6.45) is 0. The number of aliphatic imine (C=N–C) groups is 1. The molecule has 0 radical (unpaired) electrons. The fourth-order valence-electron chi connectivity index (χ4n) is 2.57. The lowest BCUT2D eigenvalue weighted by molar-refractivity contribution is 0.0674. The van der Waals surface area contributed by atoms with Crippen LogP contribution in [0.5, 0.6) is 5.75 Å². The minimum atomic E-state index is 0.542. The molecule has 0 aromatic heterocycles. The second-order valence-corrected chi connectivity index (χ2v) is 5.70. The minimum absolute atomic E-state index is 0.542. The van der Waals surface area contributed by atoms with Gasteiger partial charge in [0, 0.05) is 13.1 Å². The van der Waals surface area contributed by atoms with Crippen LogP contribution in [0.4, 0.5) is 0 Å². The summed E-state index contributed by atoms with van der Waals surface area (Å²) < 4.78 is 11.1. The molecule has 2 N–H and O–H groups in total. The van der Waals surface area contributed by atoms with Crippen LogP contribution < -0.4 is 10.5 Å². The smallest absolute Gasteiger partial charge is 0.191 e. The molecular weight excluding hydrogens is 302 g/mol. The summed E-state index contributed by atoms with van der Waals surface area (Å²) in [7, 11) is 0. The second kappa shape index (κ2) is 8.36. The summed E-state index contributed by atoms with van der Waals surface area (Å²) in [6, 6.07) is 18.1. The number of nitrogens with zero attached hydrogens (tertiary/aromatic N) is 2. The number of nitrogens with two attached hydrogens (primary N) is 1. The van der Waals surface area contributed by atoms with Gasteiger partial charge < -0.3 is 20.1 Å². The normalized spacial score (nSPS) is 15.3. The van der Waals surface area contributed by atoms with Crippen LogP contribution in [0, 0.1) is 0 Å². The van der Waals surface area contributed by atoms with Crippen LogP contribution in [-0.4, -0.2) is 37.2 Å². The molecule has 0 amide bonds. The first kappa shape index (κ1) is 16.3. The topological polar surface area (TPSA) is 60.1 Å². The molecule has 2 aromatic rings. The summed E-state index contributed by atoms with van der Waals surface area (Å²) in [5.41, 5.74) is 8.31. The molecule has 3 rings (SSSR count). The van der Waals surface area contributed by atoms with E-state index in [-0.39, 0.29) is 0 Å². The van der Waals surface area contributed by atoms with Gasteiger partial charge in [-0.05, 0) is 23.3 Å². The highest BCUT2D eigenvalue weighted by atomic mass is 16.5. The standard InChI is InChI=1S/C19H23N3O2/c20-19(22-9-11-23-12-10-22)21-14-16-5-4-6-17(13-16)15-24-18-7-2-1-3-8-18/h1-8,13H,9-12,14-15H2,(H2,20,21). The summed E-state index contributed by atoms with van der Waals surface area (Å²) in [4.78, 5) is 6.56. The number of hydrogen-bond acceptors (Lipinski definition) is 3. The fourth-order valence-corrected chi connectivity index (χ4v) is 2.57. The van der Waals surface area contributed by atoms with Crippen molar-refractivity contribution in [3.63, 3.8) is 0 Å². The van der Waals surface area contributed by atoms with Crippen molar-refractivity contribution in [2.24, 2.45) is 10.7 Å². The zero-order chi connectivity index (χ0) is 16.6. The van der Waals surface area contributed by atoms with E-state index in [1.807, 2.05) is 36.4 Å². The molecule has 1 heterocycles. The molecule has 1 aliphatic heterocycles. The molecule has 5 nitrogen and oxygen atoms in total. The summed E-state index contributed by atoms with van der Waals surface area (Å²) >= 11 is 0. The first-order chi connectivity index (χ1) is 11.8.